The quantitative estimate of drug-likeness (QED) is 0.249. The summed E-state index contributed by atoms with van der Waals surface area (Å²) in [6, 6.07) is 13.9. The van der Waals surface area contributed by atoms with Gasteiger partial charge in [-0.05, 0) is 70.5 Å². The largest absolute Gasteiger partial charge is 0.377 e. The number of hydrogen-bond donors (Lipinski definition) is 1. The highest BCUT2D eigenvalue weighted by Gasteiger charge is 2.37. The van der Waals surface area contributed by atoms with Crippen LogP contribution in [0.2, 0.25) is 0 Å². The Labute approximate surface area is 215 Å². The number of barbiturate groups is 1. The molecule has 0 atom stereocenters. The molecule has 0 aliphatic carbocycles. The molecule has 0 saturated carbocycles. The number of benzene rings is 3. The van der Waals surface area contributed by atoms with Crippen LogP contribution in [0, 0.1) is 5.82 Å². The summed E-state index contributed by atoms with van der Waals surface area (Å²) in [5.74, 6) is -2.74. The molecule has 1 saturated heterocycles. The molecule has 0 bridgehead atoms. The predicted molar refractivity (Wildman–Crippen MR) is 131 cm³/mol. The van der Waals surface area contributed by atoms with Gasteiger partial charge in [-0.15, -0.1) is 0 Å². The van der Waals surface area contributed by atoms with Crippen LogP contribution in [0.15, 0.2) is 86.1 Å². The van der Waals surface area contributed by atoms with Crippen LogP contribution in [0.25, 0.3) is 6.08 Å². The Hall–Kier alpha value is -3.35. The predicted octanol–water partition coefficient (Wildman–Crippen LogP) is 4.78. The van der Waals surface area contributed by atoms with Crippen molar-refractivity contribution >= 4 is 71.6 Å². The number of nitrogens with zero attached hydrogens (tertiary/aromatic N) is 1. The third-order valence-electron chi connectivity index (χ3n) is 4.75. The second-order valence-electron chi connectivity index (χ2n) is 7.09. The molecule has 0 radical (unpaired) electrons. The molecule has 0 unspecified atom stereocenters. The molecule has 1 aliphatic heterocycles. The zero-order chi connectivity index (χ0) is 25.3. The van der Waals surface area contributed by atoms with Crippen molar-refractivity contribution < 1.29 is 31.4 Å². The molecular weight excluding hydrogens is 611 g/mol. The molecule has 35 heavy (non-hydrogen) atoms. The third kappa shape index (κ3) is 5.19. The number of carbonyl (C=O) groups is 3. The monoisotopic (exact) mass is 622 g/mol. The molecule has 8 nitrogen and oxygen atoms in total. The van der Waals surface area contributed by atoms with Crippen molar-refractivity contribution in [2.75, 3.05) is 4.90 Å². The van der Waals surface area contributed by atoms with Gasteiger partial charge in [0.05, 0.1) is 10.2 Å². The first kappa shape index (κ1) is 24.8. The van der Waals surface area contributed by atoms with E-state index in [-0.39, 0.29) is 26.4 Å². The van der Waals surface area contributed by atoms with E-state index in [4.69, 9.17) is 4.18 Å². The van der Waals surface area contributed by atoms with Gasteiger partial charge in [-0.2, -0.15) is 8.42 Å². The maximum absolute atomic E-state index is 13.3. The van der Waals surface area contributed by atoms with Crippen LogP contribution < -0.4 is 14.4 Å². The Morgan fingerprint density at radius 3 is 2.26 bits per heavy atom. The second kappa shape index (κ2) is 9.72. The molecule has 178 valence electrons. The SMILES string of the molecule is O=C1NC(=O)N(c2ccc(F)cc2)C(=O)/C1=C/c1cc(Br)cc(Br)c1OS(=O)(=O)c1ccccc1. The van der Waals surface area contributed by atoms with E-state index in [1.165, 1.54) is 48.5 Å². The number of urea groups is 1. The smallest absolute Gasteiger partial charge is 0.339 e. The van der Waals surface area contributed by atoms with Gasteiger partial charge in [-0.3, -0.25) is 14.9 Å². The van der Waals surface area contributed by atoms with Gasteiger partial charge in [0.1, 0.15) is 16.3 Å². The summed E-state index contributed by atoms with van der Waals surface area (Å²) in [5.41, 5.74) is -0.385. The van der Waals surface area contributed by atoms with Gasteiger partial charge in [0.2, 0.25) is 0 Å². The lowest BCUT2D eigenvalue weighted by atomic mass is 10.1. The molecule has 12 heteroatoms. The number of imide groups is 2. The topological polar surface area (TPSA) is 110 Å². The van der Waals surface area contributed by atoms with E-state index >= 15 is 0 Å². The highest BCUT2D eigenvalue weighted by atomic mass is 79.9. The van der Waals surface area contributed by atoms with Crippen molar-refractivity contribution in [3.8, 4) is 5.75 Å². The van der Waals surface area contributed by atoms with E-state index in [1.54, 1.807) is 6.07 Å². The molecule has 1 aliphatic rings. The highest BCUT2D eigenvalue weighted by molar-refractivity contribution is 9.11. The van der Waals surface area contributed by atoms with Crippen LogP contribution in [0.5, 0.6) is 5.75 Å². The Balaban J connectivity index is 1.79. The van der Waals surface area contributed by atoms with Gasteiger partial charge < -0.3 is 4.18 Å². The first-order valence-corrected chi connectivity index (χ1v) is 12.7. The Kier molecular flexibility index (Phi) is 6.88. The minimum Gasteiger partial charge on any atom is -0.377 e. The van der Waals surface area contributed by atoms with Crippen LogP contribution in [0.1, 0.15) is 5.56 Å². The molecule has 1 heterocycles. The number of hydrogen-bond acceptors (Lipinski definition) is 6. The Morgan fingerprint density at radius 2 is 1.60 bits per heavy atom. The Morgan fingerprint density at radius 1 is 0.943 bits per heavy atom. The molecule has 3 aromatic rings. The summed E-state index contributed by atoms with van der Waals surface area (Å²) < 4.78 is 45.0. The number of carbonyl (C=O) groups excluding carboxylic acids is 3. The van der Waals surface area contributed by atoms with Gasteiger partial charge in [0.25, 0.3) is 11.8 Å². The lowest BCUT2D eigenvalue weighted by Gasteiger charge is -2.26. The zero-order valence-corrected chi connectivity index (χ0v) is 21.4. The molecular formula is C23H13Br2FN2O6S. The minimum absolute atomic E-state index is 0.0332. The van der Waals surface area contributed by atoms with Gasteiger partial charge in [-0.1, -0.05) is 34.1 Å². The fourth-order valence-electron chi connectivity index (χ4n) is 3.16. The van der Waals surface area contributed by atoms with Gasteiger partial charge in [0.15, 0.2) is 5.75 Å². The van der Waals surface area contributed by atoms with E-state index in [9.17, 15) is 27.2 Å². The van der Waals surface area contributed by atoms with E-state index < -0.39 is 39.4 Å². The van der Waals surface area contributed by atoms with E-state index in [0.717, 1.165) is 18.2 Å². The molecule has 1 fully saturated rings. The molecule has 4 amide bonds. The number of rotatable bonds is 5. The summed E-state index contributed by atoms with van der Waals surface area (Å²) in [4.78, 5) is 38.6. The van der Waals surface area contributed by atoms with E-state index in [1.807, 2.05) is 5.32 Å². The normalized spacial score (nSPS) is 15.3. The van der Waals surface area contributed by atoms with Crippen LogP contribution in [0.3, 0.4) is 0 Å². The fourth-order valence-corrected chi connectivity index (χ4v) is 5.60. The number of nitrogens with one attached hydrogen (secondary N) is 1. The maximum atomic E-state index is 13.3. The second-order valence-corrected chi connectivity index (χ2v) is 10.4. The van der Waals surface area contributed by atoms with Crippen LogP contribution in [0.4, 0.5) is 14.9 Å². The summed E-state index contributed by atoms with van der Waals surface area (Å²) >= 11 is 6.53. The Bertz CT molecular complexity index is 1490. The van der Waals surface area contributed by atoms with Crippen LogP contribution in [-0.2, 0) is 19.7 Å². The molecule has 4 rings (SSSR count). The lowest BCUT2D eigenvalue weighted by Crippen LogP contribution is -2.54. The first-order chi connectivity index (χ1) is 16.6. The van der Waals surface area contributed by atoms with Crippen molar-refractivity contribution in [1.82, 2.24) is 5.32 Å². The molecule has 0 spiro atoms. The summed E-state index contributed by atoms with van der Waals surface area (Å²) in [5, 5.41) is 2.05. The minimum atomic E-state index is -4.27. The third-order valence-corrected chi connectivity index (χ3v) is 7.03. The van der Waals surface area contributed by atoms with E-state index in [2.05, 4.69) is 31.9 Å². The lowest BCUT2D eigenvalue weighted by molar-refractivity contribution is -0.122. The van der Waals surface area contributed by atoms with Gasteiger partial charge in [0, 0.05) is 10.0 Å². The zero-order valence-electron chi connectivity index (χ0n) is 17.4. The number of amides is 4. The van der Waals surface area contributed by atoms with Crippen LogP contribution >= 0.6 is 31.9 Å². The number of anilines is 1. The van der Waals surface area contributed by atoms with Crippen molar-refractivity contribution in [3.05, 3.63) is 92.6 Å². The van der Waals surface area contributed by atoms with Gasteiger partial charge in [-0.25, -0.2) is 14.1 Å². The fraction of sp³-hybridized carbons (Fsp3) is 0. The van der Waals surface area contributed by atoms with Gasteiger partial charge >= 0.3 is 16.1 Å². The van der Waals surface area contributed by atoms with E-state index in [0.29, 0.717) is 9.37 Å². The molecule has 1 N–H and O–H groups in total. The first-order valence-electron chi connectivity index (χ1n) is 9.72. The van der Waals surface area contributed by atoms with Crippen LogP contribution in [-0.4, -0.2) is 26.3 Å². The summed E-state index contributed by atoms with van der Waals surface area (Å²) in [6.07, 6.45) is 1.10. The number of halogens is 3. The molecule has 3 aromatic carbocycles. The molecule has 0 aromatic heterocycles. The van der Waals surface area contributed by atoms with Crippen molar-refractivity contribution in [1.29, 1.82) is 0 Å². The maximum Gasteiger partial charge on any atom is 0.339 e. The summed E-state index contributed by atoms with van der Waals surface area (Å²) in [6.45, 7) is 0. The van der Waals surface area contributed by atoms with Crippen molar-refractivity contribution in [3.63, 3.8) is 0 Å². The highest BCUT2D eigenvalue weighted by Crippen LogP contribution is 2.37. The average molecular weight is 624 g/mol. The van der Waals surface area contributed by atoms with Crippen molar-refractivity contribution in [2.45, 2.75) is 4.90 Å². The van der Waals surface area contributed by atoms with Crippen molar-refractivity contribution in [2.24, 2.45) is 0 Å². The average Bonchev–Trinajstić information content (AvgIpc) is 2.80. The standard InChI is InChI=1S/C23H13Br2FN2O6S/c24-14-10-13(20(19(25)12-14)34-35(32,33)17-4-2-1-3-5-17)11-18-21(29)27-23(31)28(22(18)30)16-8-6-15(26)7-9-16/h1-12H,(H,27,29,31)/b18-11+. The summed E-state index contributed by atoms with van der Waals surface area (Å²) in [7, 11) is -4.27.